The molecule has 0 aliphatic rings. The van der Waals surface area contributed by atoms with Crippen LogP contribution in [0.3, 0.4) is 0 Å². The molecule has 29 heavy (non-hydrogen) atoms. The lowest BCUT2D eigenvalue weighted by Gasteiger charge is -2.14. The summed E-state index contributed by atoms with van der Waals surface area (Å²) in [7, 11) is 0. The summed E-state index contributed by atoms with van der Waals surface area (Å²) in [6.45, 7) is 1.78. The fourth-order valence-electron chi connectivity index (χ4n) is 2.49. The van der Waals surface area contributed by atoms with Crippen molar-refractivity contribution < 1.29 is 9.59 Å². The first-order valence-electron chi connectivity index (χ1n) is 8.72. The topological polar surface area (TPSA) is 175 Å². The van der Waals surface area contributed by atoms with E-state index in [1.807, 2.05) is 6.07 Å². The molecule has 2 amide bonds. The Morgan fingerprint density at radius 1 is 1.10 bits per heavy atom. The van der Waals surface area contributed by atoms with Crippen LogP contribution in [-0.2, 0) is 4.79 Å². The SMILES string of the molecule is CC[C@@H](Nc1nnc(C(N)=O)c(Nc2cccc(-c3ncccn3)c2)n1)C(N)=O. The van der Waals surface area contributed by atoms with Gasteiger partial charge in [0.2, 0.25) is 11.9 Å². The maximum absolute atomic E-state index is 11.7. The summed E-state index contributed by atoms with van der Waals surface area (Å²) < 4.78 is 0. The van der Waals surface area contributed by atoms with E-state index in [1.165, 1.54) is 0 Å². The number of aromatic nitrogens is 5. The number of nitrogens with two attached hydrogens (primary N) is 2. The molecule has 0 spiro atoms. The van der Waals surface area contributed by atoms with Gasteiger partial charge in [0.1, 0.15) is 6.04 Å². The second-order valence-corrected chi connectivity index (χ2v) is 5.98. The van der Waals surface area contributed by atoms with Crippen molar-refractivity contribution in [1.82, 2.24) is 25.1 Å². The van der Waals surface area contributed by atoms with Gasteiger partial charge in [0.05, 0.1) is 0 Å². The highest BCUT2D eigenvalue weighted by Gasteiger charge is 2.18. The molecule has 6 N–H and O–H groups in total. The number of nitrogens with one attached hydrogen (secondary N) is 2. The zero-order valence-electron chi connectivity index (χ0n) is 15.5. The van der Waals surface area contributed by atoms with Gasteiger partial charge in [0, 0.05) is 23.6 Å². The van der Waals surface area contributed by atoms with E-state index in [0.717, 1.165) is 5.56 Å². The Morgan fingerprint density at radius 3 is 2.52 bits per heavy atom. The van der Waals surface area contributed by atoms with Gasteiger partial charge in [-0.15, -0.1) is 10.2 Å². The minimum absolute atomic E-state index is 0.0331. The number of anilines is 3. The third-order valence-corrected chi connectivity index (χ3v) is 3.92. The zero-order chi connectivity index (χ0) is 20.8. The van der Waals surface area contributed by atoms with Crippen molar-refractivity contribution in [2.24, 2.45) is 11.5 Å². The smallest absolute Gasteiger partial charge is 0.273 e. The summed E-state index contributed by atoms with van der Waals surface area (Å²) in [6.07, 6.45) is 3.71. The van der Waals surface area contributed by atoms with E-state index in [-0.39, 0.29) is 17.5 Å². The highest BCUT2D eigenvalue weighted by Crippen LogP contribution is 2.23. The molecule has 0 radical (unpaired) electrons. The molecular weight excluding hydrogens is 374 g/mol. The molecule has 11 nitrogen and oxygen atoms in total. The molecule has 1 aromatic carbocycles. The summed E-state index contributed by atoms with van der Waals surface area (Å²) >= 11 is 0. The highest BCUT2D eigenvalue weighted by molar-refractivity contribution is 5.96. The highest BCUT2D eigenvalue weighted by atomic mass is 16.1. The lowest BCUT2D eigenvalue weighted by molar-refractivity contribution is -0.118. The molecular formula is C18H19N9O2. The number of primary amides is 2. The number of amides is 2. The molecule has 3 rings (SSSR count). The molecule has 0 saturated heterocycles. The van der Waals surface area contributed by atoms with Crippen molar-refractivity contribution in [3.05, 3.63) is 48.4 Å². The van der Waals surface area contributed by atoms with Gasteiger partial charge in [-0.25, -0.2) is 9.97 Å². The summed E-state index contributed by atoms with van der Waals surface area (Å²) in [6, 6.07) is 8.24. The largest absolute Gasteiger partial charge is 0.368 e. The second-order valence-electron chi connectivity index (χ2n) is 5.98. The van der Waals surface area contributed by atoms with Gasteiger partial charge >= 0.3 is 0 Å². The van der Waals surface area contributed by atoms with E-state index < -0.39 is 17.9 Å². The number of hydrogen-bond donors (Lipinski definition) is 4. The van der Waals surface area contributed by atoms with Gasteiger partial charge in [-0.1, -0.05) is 19.1 Å². The fourth-order valence-corrected chi connectivity index (χ4v) is 2.49. The standard InChI is InChI=1S/C18H19N9O2/c1-2-12(14(19)28)24-18-25-17(13(15(20)29)26-27-18)23-11-6-3-5-10(9-11)16-21-7-4-8-22-16/h3-9,12H,2H2,1H3,(H2,19,28)(H2,20,29)(H2,23,24,25,27)/t12-/m1/s1. The van der Waals surface area contributed by atoms with E-state index in [0.29, 0.717) is 17.9 Å². The molecule has 148 valence electrons. The predicted molar refractivity (Wildman–Crippen MR) is 106 cm³/mol. The maximum Gasteiger partial charge on any atom is 0.273 e. The van der Waals surface area contributed by atoms with Crippen LogP contribution in [0.5, 0.6) is 0 Å². The van der Waals surface area contributed by atoms with Gasteiger partial charge < -0.3 is 22.1 Å². The molecule has 0 aliphatic heterocycles. The van der Waals surface area contributed by atoms with Crippen LogP contribution in [0.1, 0.15) is 23.8 Å². The molecule has 0 saturated carbocycles. The Balaban J connectivity index is 1.92. The van der Waals surface area contributed by atoms with Crippen molar-refractivity contribution >= 4 is 29.3 Å². The minimum Gasteiger partial charge on any atom is -0.368 e. The average Bonchev–Trinajstić information content (AvgIpc) is 2.72. The van der Waals surface area contributed by atoms with Crippen molar-refractivity contribution in [3.63, 3.8) is 0 Å². The van der Waals surface area contributed by atoms with E-state index >= 15 is 0 Å². The van der Waals surface area contributed by atoms with Crippen molar-refractivity contribution in [1.29, 1.82) is 0 Å². The molecule has 0 bridgehead atoms. The van der Waals surface area contributed by atoms with Crippen LogP contribution < -0.4 is 22.1 Å². The van der Waals surface area contributed by atoms with Crippen molar-refractivity contribution in [2.45, 2.75) is 19.4 Å². The molecule has 0 aliphatic carbocycles. The van der Waals surface area contributed by atoms with Gasteiger partial charge in [0.25, 0.3) is 5.91 Å². The first kappa shape index (κ1) is 19.6. The lowest BCUT2D eigenvalue weighted by Crippen LogP contribution is -2.35. The first-order valence-corrected chi connectivity index (χ1v) is 8.72. The number of carbonyl (C=O) groups is 2. The quantitative estimate of drug-likeness (QED) is 0.432. The number of benzene rings is 1. The van der Waals surface area contributed by atoms with Crippen LogP contribution in [-0.4, -0.2) is 43.0 Å². The van der Waals surface area contributed by atoms with Crippen LogP contribution in [0.15, 0.2) is 42.7 Å². The molecule has 0 fully saturated rings. The molecule has 11 heteroatoms. The average molecular weight is 393 g/mol. The van der Waals surface area contributed by atoms with E-state index in [1.54, 1.807) is 43.6 Å². The normalized spacial score (nSPS) is 11.5. The van der Waals surface area contributed by atoms with E-state index in [4.69, 9.17) is 11.5 Å². The minimum atomic E-state index is -0.802. The summed E-state index contributed by atoms with van der Waals surface area (Å²) in [4.78, 5) is 35.8. The Morgan fingerprint density at radius 2 is 1.86 bits per heavy atom. The Kier molecular flexibility index (Phi) is 5.88. The third kappa shape index (κ3) is 4.77. The molecule has 2 heterocycles. The van der Waals surface area contributed by atoms with Crippen LogP contribution in [0, 0.1) is 0 Å². The summed E-state index contributed by atoms with van der Waals surface area (Å²) in [5.41, 5.74) is 11.9. The van der Waals surface area contributed by atoms with Crippen molar-refractivity contribution in [3.8, 4) is 11.4 Å². The molecule has 2 aromatic heterocycles. The Labute approximate surface area is 166 Å². The maximum atomic E-state index is 11.7. The molecule has 0 unspecified atom stereocenters. The van der Waals surface area contributed by atoms with Gasteiger partial charge in [0.15, 0.2) is 17.3 Å². The number of nitrogens with zero attached hydrogens (tertiary/aromatic N) is 5. The lowest BCUT2D eigenvalue weighted by atomic mass is 10.2. The first-order chi connectivity index (χ1) is 14.0. The van der Waals surface area contributed by atoms with Crippen molar-refractivity contribution in [2.75, 3.05) is 10.6 Å². The van der Waals surface area contributed by atoms with Crippen LogP contribution in [0.2, 0.25) is 0 Å². The summed E-state index contributed by atoms with van der Waals surface area (Å²) in [5, 5.41) is 13.4. The number of hydrogen-bond acceptors (Lipinski definition) is 9. The fraction of sp³-hybridized carbons (Fsp3) is 0.167. The van der Waals surface area contributed by atoms with Crippen LogP contribution in [0.4, 0.5) is 17.5 Å². The number of rotatable bonds is 8. The van der Waals surface area contributed by atoms with Gasteiger partial charge in [-0.3, -0.25) is 9.59 Å². The van der Waals surface area contributed by atoms with Crippen LogP contribution in [0.25, 0.3) is 11.4 Å². The summed E-state index contributed by atoms with van der Waals surface area (Å²) in [5.74, 6) is -0.698. The third-order valence-electron chi connectivity index (χ3n) is 3.92. The van der Waals surface area contributed by atoms with Gasteiger partial charge in [-0.05, 0) is 24.6 Å². The Bertz CT molecular complexity index is 1030. The molecule has 3 aromatic rings. The second kappa shape index (κ2) is 8.69. The van der Waals surface area contributed by atoms with E-state index in [9.17, 15) is 9.59 Å². The Hall–Kier alpha value is -4.15. The zero-order valence-corrected chi connectivity index (χ0v) is 15.5. The monoisotopic (exact) mass is 393 g/mol. The van der Waals surface area contributed by atoms with Gasteiger partial charge in [-0.2, -0.15) is 4.98 Å². The van der Waals surface area contributed by atoms with Crippen LogP contribution >= 0.6 is 0 Å². The van der Waals surface area contributed by atoms with E-state index in [2.05, 4.69) is 35.8 Å². The number of carbonyl (C=O) groups excluding carboxylic acids is 2. The molecule has 1 atom stereocenters. The predicted octanol–water partition coefficient (Wildman–Crippen LogP) is 0.847.